The van der Waals surface area contributed by atoms with Crippen molar-refractivity contribution in [2.24, 2.45) is 0 Å². The molecule has 0 bridgehead atoms. The molecule has 1 aliphatic rings. The molecule has 0 saturated carbocycles. The Morgan fingerprint density at radius 3 is 1.58 bits per heavy atom. The summed E-state index contributed by atoms with van der Waals surface area (Å²) in [6.45, 7) is 15.1. The van der Waals surface area contributed by atoms with E-state index in [-0.39, 0.29) is 5.41 Å². The van der Waals surface area contributed by atoms with Crippen molar-refractivity contribution in [3.05, 3.63) is 84.0 Å². The van der Waals surface area contributed by atoms with Crippen molar-refractivity contribution in [1.82, 2.24) is 0 Å². The Kier molecular flexibility index (Phi) is 8.69. The van der Waals surface area contributed by atoms with Crippen molar-refractivity contribution in [3.63, 3.8) is 0 Å². The van der Waals surface area contributed by atoms with Crippen LogP contribution in [0.1, 0.15) is 60.8 Å². The molecule has 1 aliphatic carbocycles. The molecule has 0 radical (unpaired) electrons. The molecule has 0 amide bonds. The van der Waals surface area contributed by atoms with Crippen molar-refractivity contribution in [1.29, 1.82) is 0 Å². The zero-order valence-corrected chi connectivity index (χ0v) is 19.4. The lowest BCUT2D eigenvalue weighted by Gasteiger charge is -2.33. The van der Waals surface area contributed by atoms with E-state index in [4.69, 9.17) is 9.47 Å². The minimum Gasteiger partial charge on any atom is -0.381 e. The van der Waals surface area contributed by atoms with Crippen LogP contribution in [-0.2, 0) is 14.9 Å². The van der Waals surface area contributed by atoms with E-state index < -0.39 is 0 Å². The molecular weight excluding hydrogens is 380 g/mol. The van der Waals surface area contributed by atoms with Crippen LogP contribution >= 0.6 is 0 Å². The van der Waals surface area contributed by atoms with Crippen molar-refractivity contribution in [2.45, 2.75) is 57.8 Å². The number of ether oxygens (including phenoxy) is 2. The van der Waals surface area contributed by atoms with E-state index in [1.54, 1.807) is 0 Å². The Labute approximate surface area is 189 Å². The number of hydrogen-bond donors (Lipinski definition) is 0. The van der Waals surface area contributed by atoms with Crippen molar-refractivity contribution in [2.75, 3.05) is 26.4 Å². The van der Waals surface area contributed by atoms with Crippen LogP contribution in [0.15, 0.2) is 61.7 Å². The van der Waals surface area contributed by atoms with Gasteiger partial charge in [-0.1, -0.05) is 59.7 Å². The second kappa shape index (κ2) is 11.5. The standard InChI is InChI=1S/C29H38O2/c1-5-7-9-17-30-19-15-29(16-20-31-18-10-8-6-2)27-21-23(3)11-13-25(27)26-14-12-24(4)22-28(26)29/h5-6,11-14,21-22H,1-2,7-10,15-20H2,3-4H3. The lowest BCUT2D eigenvalue weighted by molar-refractivity contribution is 0.0934. The first-order valence-corrected chi connectivity index (χ1v) is 11.7. The molecule has 0 unspecified atom stereocenters. The van der Waals surface area contributed by atoms with Gasteiger partial charge < -0.3 is 9.47 Å². The molecule has 0 atom stereocenters. The quantitative estimate of drug-likeness (QED) is 0.236. The van der Waals surface area contributed by atoms with E-state index in [1.807, 2.05) is 12.2 Å². The maximum atomic E-state index is 6.07. The first kappa shape index (κ1) is 23.5. The summed E-state index contributed by atoms with van der Waals surface area (Å²) in [5.74, 6) is 0. The normalized spacial score (nSPS) is 13.6. The minimum absolute atomic E-state index is 0.0560. The number of unbranched alkanes of at least 4 members (excludes halogenated alkanes) is 2. The van der Waals surface area contributed by atoms with E-state index in [0.717, 1.165) is 65.0 Å². The van der Waals surface area contributed by atoms with Crippen LogP contribution < -0.4 is 0 Å². The van der Waals surface area contributed by atoms with Gasteiger partial charge in [0.25, 0.3) is 0 Å². The molecular formula is C29H38O2. The fourth-order valence-electron chi connectivity index (χ4n) is 4.74. The van der Waals surface area contributed by atoms with Gasteiger partial charge in [0.2, 0.25) is 0 Å². The van der Waals surface area contributed by atoms with Gasteiger partial charge in [-0.25, -0.2) is 0 Å². The predicted molar refractivity (Wildman–Crippen MR) is 132 cm³/mol. The van der Waals surface area contributed by atoms with Gasteiger partial charge in [-0.15, -0.1) is 13.2 Å². The van der Waals surface area contributed by atoms with E-state index >= 15 is 0 Å². The molecule has 0 aromatic heterocycles. The highest BCUT2D eigenvalue weighted by molar-refractivity contribution is 5.81. The highest BCUT2D eigenvalue weighted by Crippen LogP contribution is 2.53. The van der Waals surface area contributed by atoms with Gasteiger partial charge in [-0.2, -0.15) is 0 Å². The fourth-order valence-corrected chi connectivity index (χ4v) is 4.74. The Hall–Kier alpha value is -2.16. The molecule has 2 aromatic carbocycles. The Balaban J connectivity index is 1.86. The van der Waals surface area contributed by atoms with Crippen LogP contribution in [0, 0.1) is 13.8 Å². The third-order valence-electron chi connectivity index (χ3n) is 6.41. The Morgan fingerprint density at radius 1 is 0.710 bits per heavy atom. The van der Waals surface area contributed by atoms with E-state index in [1.165, 1.54) is 33.4 Å². The summed E-state index contributed by atoms with van der Waals surface area (Å²) >= 11 is 0. The van der Waals surface area contributed by atoms with Gasteiger partial charge in [-0.05, 0) is 74.6 Å². The average Bonchev–Trinajstić information content (AvgIpc) is 3.02. The van der Waals surface area contributed by atoms with Crippen molar-refractivity contribution >= 4 is 0 Å². The maximum absolute atomic E-state index is 6.07. The van der Waals surface area contributed by atoms with Gasteiger partial charge in [-0.3, -0.25) is 0 Å². The first-order valence-electron chi connectivity index (χ1n) is 11.7. The lowest BCUT2D eigenvalue weighted by Crippen LogP contribution is -2.29. The van der Waals surface area contributed by atoms with Crippen LogP contribution in [0.25, 0.3) is 11.1 Å². The molecule has 0 spiro atoms. The fraction of sp³-hybridized carbons (Fsp3) is 0.448. The summed E-state index contributed by atoms with van der Waals surface area (Å²) in [7, 11) is 0. The first-order chi connectivity index (χ1) is 15.1. The molecule has 31 heavy (non-hydrogen) atoms. The van der Waals surface area contributed by atoms with Crippen LogP contribution in [-0.4, -0.2) is 26.4 Å². The largest absolute Gasteiger partial charge is 0.381 e. The SMILES string of the molecule is C=CCCCOCCC1(CCOCCCC=C)c2cc(C)ccc2-c2ccc(C)cc21. The third kappa shape index (κ3) is 5.56. The molecule has 0 saturated heterocycles. The van der Waals surface area contributed by atoms with Gasteiger partial charge in [0, 0.05) is 31.8 Å². The van der Waals surface area contributed by atoms with E-state index in [9.17, 15) is 0 Å². The summed E-state index contributed by atoms with van der Waals surface area (Å²) in [4.78, 5) is 0. The number of aryl methyl sites for hydroxylation is 2. The summed E-state index contributed by atoms with van der Waals surface area (Å²) in [5.41, 5.74) is 8.20. The second-order valence-electron chi connectivity index (χ2n) is 8.77. The molecule has 0 heterocycles. The third-order valence-corrected chi connectivity index (χ3v) is 6.41. The Morgan fingerprint density at radius 2 is 1.16 bits per heavy atom. The average molecular weight is 419 g/mol. The summed E-state index contributed by atoms with van der Waals surface area (Å²) < 4.78 is 12.1. The van der Waals surface area contributed by atoms with E-state index in [0.29, 0.717) is 0 Å². The number of rotatable bonds is 14. The minimum atomic E-state index is -0.0560. The van der Waals surface area contributed by atoms with Gasteiger partial charge in [0.1, 0.15) is 0 Å². The number of fused-ring (bicyclic) bond motifs is 3. The van der Waals surface area contributed by atoms with Crippen LogP contribution in [0.4, 0.5) is 0 Å². The maximum Gasteiger partial charge on any atom is 0.0477 e. The molecule has 2 aromatic rings. The van der Waals surface area contributed by atoms with Gasteiger partial charge in [0.05, 0.1) is 0 Å². The summed E-state index contributed by atoms with van der Waals surface area (Å²) in [6.07, 6.45) is 9.96. The van der Waals surface area contributed by atoms with E-state index in [2.05, 4.69) is 63.4 Å². The monoisotopic (exact) mass is 418 g/mol. The van der Waals surface area contributed by atoms with Crippen LogP contribution in [0.5, 0.6) is 0 Å². The molecule has 166 valence electrons. The molecule has 0 fully saturated rings. The molecule has 0 aliphatic heterocycles. The van der Waals surface area contributed by atoms with Crippen molar-refractivity contribution < 1.29 is 9.47 Å². The lowest BCUT2D eigenvalue weighted by atomic mass is 9.72. The van der Waals surface area contributed by atoms with Gasteiger partial charge >= 0.3 is 0 Å². The number of allylic oxidation sites excluding steroid dienone is 2. The smallest absolute Gasteiger partial charge is 0.0477 e. The number of hydrogen-bond acceptors (Lipinski definition) is 2. The van der Waals surface area contributed by atoms with Gasteiger partial charge in [0.15, 0.2) is 0 Å². The molecule has 3 rings (SSSR count). The molecule has 0 N–H and O–H groups in total. The Bertz CT molecular complexity index is 807. The second-order valence-corrected chi connectivity index (χ2v) is 8.77. The predicted octanol–water partition coefficient (Wildman–Crippen LogP) is 7.32. The summed E-state index contributed by atoms with van der Waals surface area (Å²) in [6, 6.07) is 13.8. The van der Waals surface area contributed by atoms with Crippen LogP contribution in [0.3, 0.4) is 0 Å². The molecule has 2 heteroatoms. The highest BCUT2D eigenvalue weighted by Gasteiger charge is 2.42. The van der Waals surface area contributed by atoms with Crippen LogP contribution in [0.2, 0.25) is 0 Å². The zero-order chi connectivity index (χ0) is 22.1. The highest BCUT2D eigenvalue weighted by atomic mass is 16.5. The summed E-state index contributed by atoms with van der Waals surface area (Å²) in [5, 5.41) is 0. The number of benzene rings is 2. The van der Waals surface area contributed by atoms with Crippen molar-refractivity contribution in [3.8, 4) is 11.1 Å². The zero-order valence-electron chi connectivity index (χ0n) is 19.4. The topological polar surface area (TPSA) is 18.5 Å². The molecule has 2 nitrogen and oxygen atoms in total.